The van der Waals surface area contributed by atoms with Crippen LogP contribution in [0.15, 0.2) is 42.5 Å². The number of nitrogens with zero attached hydrogens (tertiary/aromatic N) is 3. The quantitative estimate of drug-likeness (QED) is 0.586. The number of rotatable bonds is 4. The molecule has 0 unspecified atom stereocenters. The Bertz CT molecular complexity index is 918. The Kier molecular flexibility index (Phi) is 5.34. The van der Waals surface area contributed by atoms with E-state index in [-0.39, 0.29) is 23.8 Å². The van der Waals surface area contributed by atoms with Gasteiger partial charge >= 0.3 is 0 Å². The van der Waals surface area contributed by atoms with Gasteiger partial charge < -0.3 is 9.64 Å². The molecular formula is C22H25N3O4. The Morgan fingerprint density at radius 2 is 1.83 bits per heavy atom. The van der Waals surface area contributed by atoms with Gasteiger partial charge in [0.1, 0.15) is 0 Å². The molecule has 1 fully saturated rings. The molecular weight excluding hydrogens is 370 g/mol. The number of benzene rings is 2. The van der Waals surface area contributed by atoms with Crippen LogP contribution in [0.3, 0.4) is 0 Å². The molecule has 2 aliphatic rings. The fourth-order valence-electron chi connectivity index (χ4n) is 4.27. The number of hydrogen-bond acceptors (Lipinski definition) is 5. The van der Waals surface area contributed by atoms with Crippen LogP contribution >= 0.6 is 0 Å². The molecule has 7 nitrogen and oxygen atoms in total. The summed E-state index contributed by atoms with van der Waals surface area (Å²) in [5, 5.41) is 11.1. The van der Waals surface area contributed by atoms with Gasteiger partial charge in [-0.1, -0.05) is 18.2 Å². The maximum atomic E-state index is 13.0. The number of non-ortho nitro benzene ring substituents is 1. The Morgan fingerprint density at radius 3 is 2.48 bits per heavy atom. The van der Waals surface area contributed by atoms with E-state index in [2.05, 4.69) is 18.7 Å². The van der Waals surface area contributed by atoms with Crippen LogP contribution < -0.4 is 4.90 Å². The normalized spacial score (nSPS) is 21.8. The minimum Gasteiger partial charge on any atom is -0.373 e. The molecule has 2 aliphatic heterocycles. The lowest BCUT2D eigenvalue weighted by molar-refractivity contribution is -0.384. The number of anilines is 1. The van der Waals surface area contributed by atoms with Gasteiger partial charge in [0.2, 0.25) is 0 Å². The topological polar surface area (TPSA) is 75.9 Å². The molecule has 7 heteroatoms. The first kappa shape index (κ1) is 19.5. The van der Waals surface area contributed by atoms with Crippen molar-refractivity contribution in [2.75, 3.05) is 24.5 Å². The minimum absolute atomic E-state index is 0.00719. The van der Waals surface area contributed by atoms with Gasteiger partial charge in [0.05, 0.1) is 22.8 Å². The zero-order valence-corrected chi connectivity index (χ0v) is 16.7. The predicted molar refractivity (Wildman–Crippen MR) is 110 cm³/mol. The summed E-state index contributed by atoms with van der Waals surface area (Å²) in [6, 6.07) is 12.4. The fraction of sp³-hybridized carbons (Fsp3) is 0.409. The molecule has 0 bridgehead atoms. The molecule has 0 spiro atoms. The molecule has 0 aromatic heterocycles. The summed E-state index contributed by atoms with van der Waals surface area (Å²) in [6.07, 6.45) is 1.16. The van der Waals surface area contributed by atoms with E-state index >= 15 is 0 Å². The summed E-state index contributed by atoms with van der Waals surface area (Å²) in [4.78, 5) is 27.7. The molecule has 0 saturated carbocycles. The van der Waals surface area contributed by atoms with Crippen LogP contribution in [0.1, 0.15) is 35.3 Å². The average molecular weight is 395 g/mol. The number of ether oxygens (including phenoxy) is 1. The first-order chi connectivity index (χ1) is 13.9. The highest BCUT2D eigenvalue weighted by Crippen LogP contribution is 2.32. The van der Waals surface area contributed by atoms with Crippen molar-refractivity contribution in [3.63, 3.8) is 0 Å². The number of nitro groups is 1. The van der Waals surface area contributed by atoms with E-state index in [4.69, 9.17) is 4.74 Å². The van der Waals surface area contributed by atoms with Crippen molar-refractivity contribution in [3.05, 3.63) is 69.3 Å². The molecule has 2 heterocycles. The molecule has 0 aliphatic carbocycles. The Balaban J connectivity index is 1.47. The van der Waals surface area contributed by atoms with E-state index < -0.39 is 4.92 Å². The van der Waals surface area contributed by atoms with Crippen molar-refractivity contribution in [2.45, 2.75) is 39.0 Å². The molecule has 1 saturated heterocycles. The number of amides is 1. The number of carbonyl (C=O) groups excluding carboxylic acids is 1. The van der Waals surface area contributed by atoms with Gasteiger partial charge in [-0.05, 0) is 43.5 Å². The van der Waals surface area contributed by atoms with Crippen LogP contribution in [0.5, 0.6) is 0 Å². The lowest BCUT2D eigenvalue weighted by atomic mass is 10.1. The predicted octanol–water partition coefficient (Wildman–Crippen LogP) is 3.41. The summed E-state index contributed by atoms with van der Waals surface area (Å²) in [5.41, 5.74) is 3.37. The number of fused-ring (bicyclic) bond motifs is 1. The zero-order valence-electron chi connectivity index (χ0n) is 16.7. The van der Waals surface area contributed by atoms with Crippen LogP contribution in [0.4, 0.5) is 11.4 Å². The first-order valence-electron chi connectivity index (χ1n) is 9.96. The number of nitro benzene ring substituents is 1. The van der Waals surface area contributed by atoms with Crippen LogP contribution in [0, 0.1) is 10.1 Å². The zero-order chi connectivity index (χ0) is 20.5. The van der Waals surface area contributed by atoms with Crippen molar-refractivity contribution >= 4 is 17.3 Å². The van der Waals surface area contributed by atoms with Crippen LogP contribution in [-0.4, -0.2) is 47.6 Å². The van der Waals surface area contributed by atoms with Gasteiger partial charge in [0.15, 0.2) is 0 Å². The van der Waals surface area contributed by atoms with Gasteiger partial charge in [0, 0.05) is 43.9 Å². The van der Waals surface area contributed by atoms with Crippen molar-refractivity contribution in [2.24, 2.45) is 0 Å². The SMILES string of the molecule is C[C@@H]1CN(Cc2ccc(C(=O)N3CCc4ccc([N+](=O)[O-])cc43)cc2)C[C@H](C)O1. The van der Waals surface area contributed by atoms with Crippen molar-refractivity contribution < 1.29 is 14.5 Å². The highest BCUT2D eigenvalue weighted by atomic mass is 16.6. The summed E-state index contributed by atoms with van der Waals surface area (Å²) in [7, 11) is 0. The third kappa shape index (κ3) is 4.16. The van der Waals surface area contributed by atoms with Crippen molar-refractivity contribution in [3.8, 4) is 0 Å². The third-order valence-corrected chi connectivity index (χ3v) is 5.52. The van der Waals surface area contributed by atoms with Crippen LogP contribution in [0.25, 0.3) is 0 Å². The Labute approximate surface area is 170 Å². The maximum Gasteiger partial charge on any atom is 0.271 e. The van der Waals surface area contributed by atoms with E-state index in [1.807, 2.05) is 24.3 Å². The molecule has 29 heavy (non-hydrogen) atoms. The van der Waals surface area contributed by atoms with Gasteiger partial charge in [0.25, 0.3) is 11.6 Å². The largest absolute Gasteiger partial charge is 0.373 e. The van der Waals surface area contributed by atoms with E-state index in [1.54, 1.807) is 11.0 Å². The summed E-state index contributed by atoms with van der Waals surface area (Å²) in [5.74, 6) is -0.121. The Morgan fingerprint density at radius 1 is 1.14 bits per heavy atom. The second-order valence-corrected chi connectivity index (χ2v) is 7.93. The monoisotopic (exact) mass is 395 g/mol. The smallest absolute Gasteiger partial charge is 0.271 e. The molecule has 1 amide bonds. The number of morpholine rings is 1. The summed E-state index contributed by atoms with van der Waals surface area (Å²) < 4.78 is 5.78. The lowest BCUT2D eigenvalue weighted by Gasteiger charge is -2.35. The second-order valence-electron chi connectivity index (χ2n) is 7.93. The van der Waals surface area contributed by atoms with Gasteiger partial charge in [-0.25, -0.2) is 0 Å². The van der Waals surface area contributed by atoms with Crippen molar-refractivity contribution in [1.29, 1.82) is 0 Å². The van der Waals surface area contributed by atoms with Crippen LogP contribution in [0.2, 0.25) is 0 Å². The summed E-state index contributed by atoms with van der Waals surface area (Å²) >= 11 is 0. The van der Waals surface area contributed by atoms with E-state index in [9.17, 15) is 14.9 Å². The third-order valence-electron chi connectivity index (χ3n) is 5.52. The fourth-order valence-corrected chi connectivity index (χ4v) is 4.27. The van der Waals surface area contributed by atoms with E-state index in [0.29, 0.717) is 24.2 Å². The minimum atomic E-state index is -0.427. The molecule has 2 aromatic rings. The molecule has 2 atom stereocenters. The van der Waals surface area contributed by atoms with Crippen molar-refractivity contribution in [1.82, 2.24) is 4.90 Å². The van der Waals surface area contributed by atoms with Gasteiger partial charge in [-0.2, -0.15) is 0 Å². The number of hydrogen-bond donors (Lipinski definition) is 0. The van der Waals surface area contributed by atoms with Gasteiger partial charge in [-0.3, -0.25) is 19.8 Å². The highest BCUT2D eigenvalue weighted by Gasteiger charge is 2.28. The highest BCUT2D eigenvalue weighted by molar-refractivity contribution is 6.07. The molecule has 4 rings (SSSR count). The molecule has 152 valence electrons. The second kappa shape index (κ2) is 7.93. The van der Waals surface area contributed by atoms with E-state index in [1.165, 1.54) is 12.1 Å². The maximum absolute atomic E-state index is 13.0. The van der Waals surface area contributed by atoms with Gasteiger partial charge in [-0.15, -0.1) is 0 Å². The molecule has 0 N–H and O–H groups in total. The standard InChI is InChI=1S/C22H25N3O4/c1-15-12-23(13-16(2)29-15)14-17-3-5-19(6-4-17)22(26)24-10-9-18-7-8-20(25(27)28)11-21(18)24/h3-8,11,15-16H,9-10,12-14H2,1-2H3/t15-,16+. The molecule has 2 aromatic carbocycles. The summed E-state index contributed by atoms with van der Waals surface area (Å²) in [6.45, 7) is 7.33. The Hall–Kier alpha value is -2.77. The first-order valence-corrected chi connectivity index (χ1v) is 9.96. The average Bonchev–Trinajstić information content (AvgIpc) is 3.10. The number of carbonyl (C=O) groups is 1. The lowest BCUT2D eigenvalue weighted by Crippen LogP contribution is -2.44. The van der Waals surface area contributed by atoms with Crippen LogP contribution in [-0.2, 0) is 17.7 Å². The molecule has 0 radical (unpaired) electrons. The van der Waals surface area contributed by atoms with E-state index in [0.717, 1.165) is 30.8 Å².